The molecule has 2 rings (SSSR count). The van der Waals surface area contributed by atoms with E-state index in [9.17, 15) is 5.11 Å². The Balaban J connectivity index is 1.99. The Morgan fingerprint density at radius 1 is 1.67 bits per heavy atom. The summed E-state index contributed by atoms with van der Waals surface area (Å²) < 4.78 is 1.89. The van der Waals surface area contributed by atoms with Gasteiger partial charge < -0.3 is 10.4 Å². The molecule has 4 heteroatoms. The molecule has 0 aromatic carbocycles. The maximum Gasteiger partial charge on any atom is 0.0628 e. The summed E-state index contributed by atoms with van der Waals surface area (Å²) in [5.74, 6) is 0. The minimum absolute atomic E-state index is 0.141. The van der Waals surface area contributed by atoms with E-state index >= 15 is 0 Å². The summed E-state index contributed by atoms with van der Waals surface area (Å²) in [5.41, 5.74) is 0.765. The van der Waals surface area contributed by atoms with Crippen LogP contribution in [0.3, 0.4) is 0 Å². The molecular weight excluding hydrogens is 190 g/mol. The molecule has 1 saturated carbocycles. The minimum atomic E-state index is -0.250. The van der Waals surface area contributed by atoms with E-state index in [0.717, 1.165) is 5.69 Å². The molecule has 1 aromatic rings. The number of rotatable bonds is 5. The maximum atomic E-state index is 9.43. The van der Waals surface area contributed by atoms with E-state index in [1.165, 1.54) is 12.8 Å². The first-order valence-corrected chi connectivity index (χ1v) is 5.50. The van der Waals surface area contributed by atoms with Gasteiger partial charge in [-0.15, -0.1) is 0 Å². The van der Waals surface area contributed by atoms with Gasteiger partial charge in [0.05, 0.1) is 24.4 Å². The van der Waals surface area contributed by atoms with Crippen molar-refractivity contribution in [3.63, 3.8) is 0 Å². The van der Waals surface area contributed by atoms with Crippen molar-refractivity contribution in [3.8, 4) is 0 Å². The van der Waals surface area contributed by atoms with E-state index in [0.29, 0.717) is 12.6 Å². The quantitative estimate of drug-likeness (QED) is 0.750. The number of nitrogens with zero attached hydrogens (tertiary/aromatic N) is 2. The Kier molecular flexibility index (Phi) is 2.80. The molecule has 1 atom stereocenters. The van der Waals surface area contributed by atoms with Gasteiger partial charge in [-0.05, 0) is 32.8 Å². The van der Waals surface area contributed by atoms with Crippen LogP contribution in [-0.4, -0.2) is 33.1 Å². The van der Waals surface area contributed by atoms with Crippen molar-refractivity contribution in [2.45, 2.75) is 44.8 Å². The highest BCUT2D eigenvalue weighted by atomic mass is 16.3. The Morgan fingerprint density at radius 3 is 2.87 bits per heavy atom. The number of hydrogen-bond donors (Lipinski definition) is 2. The third-order valence-corrected chi connectivity index (χ3v) is 2.76. The fourth-order valence-corrected chi connectivity index (χ4v) is 1.77. The van der Waals surface area contributed by atoms with E-state index in [1.807, 2.05) is 30.8 Å². The molecular formula is C11H19N3O. The zero-order valence-electron chi connectivity index (χ0n) is 9.40. The largest absolute Gasteiger partial charge is 0.394 e. The highest BCUT2D eigenvalue weighted by Gasteiger charge is 2.32. The second-order valence-corrected chi connectivity index (χ2v) is 4.79. The normalized spacial score (nSPS) is 20.2. The smallest absolute Gasteiger partial charge is 0.0628 e. The molecule has 15 heavy (non-hydrogen) atoms. The van der Waals surface area contributed by atoms with E-state index in [4.69, 9.17) is 0 Å². The maximum absolute atomic E-state index is 9.43. The Labute approximate surface area is 90.3 Å². The zero-order chi connectivity index (χ0) is 10.9. The molecule has 1 aromatic heterocycles. The van der Waals surface area contributed by atoms with Gasteiger partial charge in [0.15, 0.2) is 0 Å². The van der Waals surface area contributed by atoms with Crippen molar-refractivity contribution in [1.82, 2.24) is 15.1 Å². The fourth-order valence-electron chi connectivity index (χ4n) is 1.77. The summed E-state index contributed by atoms with van der Waals surface area (Å²) >= 11 is 0. The van der Waals surface area contributed by atoms with Crippen LogP contribution >= 0.6 is 0 Å². The van der Waals surface area contributed by atoms with Gasteiger partial charge in [0.2, 0.25) is 0 Å². The highest BCUT2D eigenvalue weighted by Crippen LogP contribution is 2.23. The summed E-state index contributed by atoms with van der Waals surface area (Å²) in [6.07, 6.45) is 4.42. The number of aromatic nitrogens is 2. The van der Waals surface area contributed by atoms with Crippen LogP contribution in [0.25, 0.3) is 0 Å². The molecule has 2 N–H and O–H groups in total. The lowest BCUT2D eigenvalue weighted by Gasteiger charge is -2.28. The average molecular weight is 209 g/mol. The fraction of sp³-hybridized carbons (Fsp3) is 0.727. The summed E-state index contributed by atoms with van der Waals surface area (Å²) in [6.45, 7) is 4.87. The molecule has 1 aliphatic carbocycles. The summed E-state index contributed by atoms with van der Waals surface area (Å²) in [5, 5.41) is 17.2. The molecule has 1 fully saturated rings. The summed E-state index contributed by atoms with van der Waals surface area (Å²) in [7, 11) is 0. The SMILES string of the molecule is Cc1ccn(CC(C)(CO)NC2CC2)n1. The molecule has 0 saturated heterocycles. The van der Waals surface area contributed by atoms with Gasteiger partial charge in [-0.3, -0.25) is 4.68 Å². The van der Waals surface area contributed by atoms with Crippen LogP contribution in [0.1, 0.15) is 25.5 Å². The minimum Gasteiger partial charge on any atom is -0.394 e. The van der Waals surface area contributed by atoms with Crippen LogP contribution in [-0.2, 0) is 6.54 Å². The second-order valence-electron chi connectivity index (χ2n) is 4.79. The van der Waals surface area contributed by atoms with Gasteiger partial charge in [-0.1, -0.05) is 0 Å². The average Bonchev–Trinajstić information content (AvgIpc) is 2.90. The zero-order valence-corrected chi connectivity index (χ0v) is 9.40. The highest BCUT2D eigenvalue weighted by molar-refractivity contribution is 4.98. The Hall–Kier alpha value is -0.870. The lowest BCUT2D eigenvalue weighted by atomic mass is 10.0. The standard InChI is InChI=1S/C11H19N3O/c1-9-5-6-14(13-9)7-11(2,8-15)12-10-3-4-10/h5-6,10,12,15H,3-4,7-8H2,1-2H3. The van der Waals surface area contributed by atoms with Gasteiger partial charge in [-0.2, -0.15) is 5.10 Å². The summed E-state index contributed by atoms with van der Waals surface area (Å²) in [4.78, 5) is 0. The van der Waals surface area contributed by atoms with Crippen LogP contribution in [0, 0.1) is 6.92 Å². The first-order valence-electron chi connectivity index (χ1n) is 5.50. The topological polar surface area (TPSA) is 50.1 Å². The van der Waals surface area contributed by atoms with Crippen molar-refractivity contribution >= 4 is 0 Å². The van der Waals surface area contributed by atoms with Gasteiger partial charge in [0, 0.05) is 12.2 Å². The summed E-state index contributed by atoms with van der Waals surface area (Å²) in [6, 6.07) is 2.58. The Bertz CT molecular complexity index is 332. The molecule has 0 radical (unpaired) electrons. The second kappa shape index (κ2) is 3.94. The lowest BCUT2D eigenvalue weighted by molar-refractivity contribution is 0.151. The van der Waals surface area contributed by atoms with Crippen molar-refractivity contribution in [1.29, 1.82) is 0 Å². The molecule has 0 amide bonds. The van der Waals surface area contributed by atoms with Crippen LogP contribution in [0.5, 0.6) is 0 Å². The molecule has 0 bridgehead atoms. The first kappa shape index (κ1) is 10.6. The van der Waals surface area contributed by atoms with E-state index in [-0.39, 0.29) is 12.1 Å². The van der Waals surface area contributed by atoms with Crippen LogP contribution < -0.4 is 5.32 Å². The molecule has 0 spiro atoms. The first-order chi connectivity index (χ1) is 7.11. The van der Waals surface area contributed by atoms with Gasteiger partial charge in [0.1, 0.15) is 0 Å². The predicted molar refractivity (Wildman–Crippen MR) is 58.6 cm³/mol. The number of aryl methyl sites for hydroxylation is 1. The molecule has 0 aliphatic heterocycles. The van der Waals surface area contributed by atoms with Crippen molar-refractivity contribution in [2.75, 3.05) is 6.61 Å². The van der Waals surface area contributed by atoms with Crippen molar-refractivity contribution in [2.24, 2.45) is 0 Å². The predicted octanol–water partition coefficient (Wildman–Crippen LogP) is 0.695. The third kappa shape index (κ3) is 2.79. The number of hydrogen-bond acceptors (Lipinski definition) is 3. The number of aliphatic hydroxyl groups is 1. The lowest BCUT2D eigenvalue weighted by Crippen LogP contribution is -2.50. The Morgan fingerprint density at radius 2 is 2.40 bits per heavy atom. The van der Waals surface area contributed by atoms with E-state index in [1.54, 1.807) is 0 Å². The molecule has 1 aliphatic rings. The number of nitrogens with one attached hydrogen (secondary N) is 1. The van der Waals surface area contributed by atoms with Crippen LogP contribution in [0.15, 0.2) is 12.3 Å². The molecule has 84 valence electrons. The van der Waals surface area contributed by atoms with E-state index < -0.39 is 0 Å². The molecule has 1 heterocycles. The molecule has 4 nitrogen and oxygen atoms in total. The van der Waals surface area contributed by atoms with E-state index in [2.05, 4.69) is 10.4 Å². The van der Waals surface area contributed by atoms with Gasteiger partial charge in [0.25, 0.3) is 0 Å². The van der Waals surface area contributed by atoms with Crippen molar-refractivity contribution < 1.29 is 5.11 Å². The van der Waals surface area contributed by atoms with Gasteiger partial charge in [-0.25, -0.2) is 0 Å². The van der Waals surface area contributed by atoms with Crippen LogP contribution in [0.4, 0.5) is 0 Å². The monoisotopic (exact) mass is 209 g/mol. The van der Waals surface area contributed by atoms with Gasteiger partial charge >= 0.3 is 0 Å². The third-order valence-electron chi connectivity index (χ3n) is 2.76. The number of aliphatic hydroxyl groups excluding tert-OH is 1. The van der Waals surface area contributed by atoms with Crippen molar-refractivity contribution in [3.05, 3.63) is 18.0 Å². The molecule has 1 unspecified atom stereocenters. The van der Waals surface area contributed by atoms with Crippen LogP contribution in [0.2, 0.25) is 0 Å².